The molecule has 12 heteroatoms. The number of amides is 2. The van der Waals surface area contributed by atoms with Crippen LogP contribution in [0.5, 0.6) is 0 Å². The molecular formula is C8H9N4NaO5S2. The summed E-state index contributed by atoms with van der Waals surface area (Å²) in [6, 6.07) is -1.28. The second kappa shape index (κ2) is 5.83. The van der Waals surface area contributed by atoms with Crippen LogP contribution < -0.4 is 29.6 Å². The summed E-state index contributed by atoms with van der Waals surface area (Å²) < 4.78 is 40.0. The van der Waals surface area contributed by atoms with Gasteiger partial charge in [0.15, 0.2) is 0 Å². The first-order valence-corrected chi connectivity index (χ1v) is 7.58. The van der Waals surface area contributed by atoms with Gasteiger partial charge in [0, 0.05) is 6.54 Å². The molecule has 9 nitrogen and oxygen atoms in total. The van der Waals surface area contributed by atoms with Crippen LogP contribution in [0.25, 0.3) is 0 Å². The van der Waals surface area contributed by atoms with Gasteiger partial charge in [-0.15, -0.1) is 0 Å². The van der Waals surface area contributed by atoms with Gasteiger partial charge in [0.25, 0.3) is 0 Å². The van der Waals surface area contributed by atoms with E-state index < -0.39 is 22.5 Å². The van der Waals surface area contributed by atoms with E-state index in [1.165, 1.54) is 22.8 Å². The maximum atomic E-state index is 12.1. The van der Waals surface area contributed by atoms with Gasteiger partial charge in [-0.25, -0.2) is 18.2 Å². The number of carbonyl (C=O) groups excluding carboxylic acids is 1. The third-order valence-electron chi connectivity index (χ3n) is 3.16. The molecule has 2 saturated heterocycles. The second-order valence-corrected chi connectivity index (χ2v) is 6.05. The molecule has 2 amide bonds. The number of carbonyl (C=O) groups is 1. The largest absolute Gasteiger partial charge is 1.00 e. The quantitative estimate of drug-likeness (QED) is 0.327. The summed E-state index contributed by atoms with van der Waals surface area (Å²) in [5.41, 5.74) is 0. The minimum absolute atomic E-state index is 0. The SMILES string of the molecule is O=C1N2C[C@@H](CC[C@H]2c2ncns2)N1OS(=O)(=O)[O-].[Na+]. The molecule has 0 spiro atoms. The molecule has 104 valence electrons. The fourth-order valence-corrected chi connectivity index (χ4v) is 3.46. The van der Waals surface area contributed by atoms with Crippen molar-refractivity contribution >= 4 is 28.0 Å². The standard InChI is InChI=1S/C8H10N4O5S2.Na/c13-8-11-3-5(12(8)17-19(14,15)16)1-2-6(11)7-9-4-10-18-7;/h4-6H,1-3H2,(H,14,15,16);/q;+1/p-1/t5-,6+;/m1./s1. The topological polar surface area (TPSA) is 116 Å². The van der Waals surface area contributed by atoms with Gasteiger partial charge in [0.2, 0.25) is 10.4 Å². The molecule has 2 aliphatic heterocycles. The van der Waals surface area contributed by atoms with Crippen LogP contribution in [0.15, 0.2) is 6.33 Å². The Morgan fingerprint density at radius 1 is 1.45 bits per heavy atom. The van der Waals surface area contributed by atoms with Gasteiger partial charge in [0.1, 0.15) is 11.3 Å². The van der Waals surface area contributed by atoms with E-state index in [4.69, 9.17) is 0 Å². The second-order valence-electron chi connectivity index (χ2n) is 4.27. The zero-order chi connectivity index (χ0) is 13.6. The normalized spacial score (nSPS) is 25.8. The van der Waals surface area contributed by atoms with E-state index in [1.807, 2.05) is 0 Å². The van der Waals surface area contributed by atoms with E-state index in [2.05, 4.69) is 13.6 Å². The third kappa shape index (κ3) is 2.98. The van der Waals surface area contributed by atoms with Crippen molar-refractivity contribution in [3.05, 3.63) is 11.3 Å². The van der Waals surface area contributed by atoms with E-state index in [9.17, 15) is 17.8 Å². The van der Waals surface area contributed by atoms with Crippen LogP contribution in [0.3, 0.4) is 0 Å². The Bertz CT molecular complexity index is 594. The molecule has 0 saturated carbocycles. The molecule has 0 N–H and O–H groups in total. The van der Waals surface area contributed by atoms with E-state index in [1.54, 1.807) is 0 Å². The van der Waals surface area contributed by atoms with E-state index in [0.717, 1.165) is 0 Å². The van der Waals surface area contributed by atoms with Gasteiger partial charge < -0.3 is 9.45 Å². The molecule has 3 heterocycles. The van der Waals surface area contributed by atoms with Crippen LogP contribution in [-0.4, -0.2) is 50.9 Å². The van der Waals surface area contributed by atoms with E-state index in [-0.39, 0.29) is 35.6 Å². The number of urea groups is 1. The monoisotopic (exact) mass is 328 g/mol. The van der Waals surface area contributed by atoms with Gasteiger partial charge in [-0.1, -0.05) is 0 Å². The van der Waals surface area contributed by atoms with Crippen LogP contribution in [0.2, 0.25) is 0 Å². The number of fused-ring (bicyclic) bond motifs is 2. The fraction of sp³-hybridized carbons (Fsp3) is 0.625. The average Bonchev–Trinajstić information content (AvgIpc) is 2.93. The first-order valence-electron chi connectivity index (χ1n) is 5.47. The first-order chi connectivity index (χ1) is 8.96. The summed E-state index contributed by atoms with van der Waals surface area (Å²) in [4.78, 5) is 17.6. The van der Waals surface area contributed by atoms with Gasteiger partial charge >= 0.3 is 35.6 Å². The van der Waals surface area contributed by atoms with Gasteiger partial charge in [-0.05, 0) is 24.4 Å². The molecule has 0 radical (unpaired) electrons. The Morgan fingerprint density at radius 2 is 2.20 bits per heavy atom. The molecule has 2 atom stereocenters. The van der Waals surface area contributed by atoms with Crippen LogP contribution >= 0.6 is 11.5 Å². The number of rotatable bonds is 3. The van der Waals surface area contributed by atoms with Crippen LogP contribution in [0.4, 0.5) is 4.79 Å². The molecule has 0 aliphatic carbocycles. The number of nitrogens with zero attached hydrogens (tertiary/aromatic N) is 4. The number of hydrogen-bond acceptors (Lipinski definition) is 8. The first kappa shape index (κ1) is 16.1. The van der Waals surface area contributed by atoms with Crippen molar-refractivity contribution in [1.82, 2.24) is 19.3 Å². The molecule has 0 unspecified atom stereocenters. The van der Waals surface area contributed by atoms with Crippen LogP contribution in [-0.2, 0) is 14.7 Å². The maximum absolute atomic E-state index is 12.1. The number of aromatic nitrogens is 2. The van der Waals surface area contributed by atoms with Crippen molar-refractivity contribution in [2.45, 2.75) is 24.9 Å². The third-order valence-corrected chi connectivity index (χ3v) is 4.27. The molecule has 1 aromatic rings. The Kier molecular flexibility index (Phi) is 4.69. The molecule has 2 bridgehead atoms. The predicted molar refractivity (Wildman–Crippen MR) is 60.4 cm³/mol. The molecule has 2 fully saturated rings. The van der Waals surface area contributed by atoms with Crippen molar-refractivity contribution in [2.75, 3.05) is 6.54 Å². The molecular weight excluding hydrogens is 319 g/mol. The summed E-state index contributed by atoms with van der Waals surface area (Å²) >= 11 is 1.19. The summed E-state index contributed by atoms with van der Waals surface area (Å²) in [5, 5.41) is 1.35. The Morgan fingerprint density at radius 3 is 2.80 bits per heavy atom. The maximum Gasteiger partial charge on any atom is 1.00 e. The van der Waals surface area contributed by atoms with Crippen molar-refractivity contribution in [1.29, 1.82) is 0 Å². The number of hydroxylamine groups is 2. The zero-order valence-electron chi connectivity index (χ0n) is 10.5. The number of hydrogen-bond donors (Lipinski definition) is 0. The van der Waals surface area contributed by atoms with Gasteiger partial charge in [0.05, 0.1) is 12.1 Å². The van der Waals surface area contributed by atoms with E-state index in [0.29, 0.717) is 29.5 Å². The Labute approximate surface area is 141 Å². The smallest absolute Gasteiger partial charge is 0.724 e. The molecule has 2 aliphatic rings. The molecule has 3 rings (SSSR count). The number of piperidine rings is 1. The van der Waals surface area contributed by atoms with E-state index >= 15 is 0 Å². The van der Waals surface area contributed by atoms with Crippen LogP contribution in [0, 0.1) is 0 Å². The molecule has 1 aromatic heterocycles. The van der Waals surface area contributed by atoms with Crippen molar-refractivity contribution in [3.63, 3.8) is 0 Å². The van der Waals surface area contributed by atoms with Gasteiger partial charge in [-0.2, -0.15) is 13.7 Å². The molecule has 0 aromatic carbocycles. The van der Waals surface area contributed by atoms with Crippen molar-refractivity contribution in [3.8, 4) is 0 Å². The Balaban J connectivity index is 0.00000147. The average molecular weight is 328 g/mol. The summed E-state index contributed by atoms with van der Waals surface area (Å²) in [6.45, 7) is 0.318. The minimum Gasteiger partial charge on any atom is -0.724 e. The zero-order valence-corrected chi connectivity index (χ0v) is 14.1. The molecule has 20 heavy (non-hydrogen) atoms. The summed E-state index contributed by atoms with van der Waals surface area (Å²) in [6.07, 6.45) is 2.58. The van der Waals surface area contributed by atoms with Crippen LogP contribution in [0.1, 0.15) is 23.9 Å². The summed E-state index contributed by atoms with van der Waals surface area (Å²) in [5.74, 6) is 0. The fourth-order valence-electron chi connectivity index (χ4n) is 2.41. The Hall–Kier alpha value is -0.300. The minimum atomic E-state index is -4.95. The van der Waals surface area contributed by atoms with Crippen molar-refractivity contribution < 1.29 is 51.6 Å². The van der Waals surface area contributed by atoms with Crippen molar-refractivity contribution in [2.24, 2.45) is 0 Å². The van der Waals surface area contributed by atoms with Gasteiger partial charge in [-0.3, -0.25) is 0 Å². The predicted octanol–water partition coefficient (Wildman–Crippen LogP) is -3.12. The summed E-state index contributed by atoms with van der Waals surface area (Å²) in [7, 11) is -4.95.